The SMILES string of the molecule is COCc1cc(C)nc(N/N=C/c2c(C)n(Cc3ccc([N+](=O)[O-])cc3)c3ccccc23)c1C#N. The van der Waals surface area contributed by atoms with Gasteiger partial charge >= 0.3 is 0 Å². The Hall–Kier alpha value is -4.55. The third-order valence-corrected chi connectivity index (χ3v) is 5.77. The van der Waals surface area contributed by atoms with Crippen molar-refractivity contribution >= 4 is 28.6 Å². The molecular formula is C26H24N6O3. The van der Waals surface area contributed by atoms with Crippen LogP contribution in [0.15, 0.2) is 59.7 Å². The summed E-state index contributed by atoms with van der Waals surface area (Å²) in [6.45, 7) is 4.73. The molecule has 0 aliphatic heterocycles. The highest BCUT2D eigenvalue weighted by Gasteiger charge is 2.14. The van der Waals surface area contributed by atoms with Crippen molar-refractivity contribution in [2.45, 2.75) is 27.0 Å². The number of ether oxygens (including phenoxy) is 1. The number of nitrogens with one attached hydrogen (secondary N) is 1. The van der Waals surface area contributed by atoms with E-state index < -0.39 is 4.92 Å². The average Bonchev–Trinajstić information content (AvgIpc) is 3.10. The molecule has 0 saturated heterocycles. The minimum atomic E-state index is -0.402. The topological polar surface area (TPSA) is 118 Å². The van der Waals surface area contributed by atoms with Crippen molar-refractivity contribution < 1.29 is 9.66 Å². The maximum absolute atomic E-state index is 11.0. The molecule has 4 aromatic rings. The number of nitro groups is 1. The van der Waals surface area contributed by atoms with Gasteiger partial charge in [0.1, 0.15) is 11.6 Å². The van der Waals surface area contributed by atoms with Gasteiger partial charge in [0.25, 0.3) is 5.69 Å². The molecule has 176 valence electrons. The number of aromatic nitrogens is 2. The van der Waals surface area contributed by atoms with Gasteiger partial charge in [0, 0.05) is 59.2 Å². The lowest BCUT2D eigenvalue weighted by Gasteiger charge is -2.09. The lowest BCUT2D eigenvalue weighted by Crippen LogP contribution is -2.04. The number of para-hydroxylation sites is 1. The molecule has 0 saturated carbocycles. The summed E-state index contributed by atoms with van der Waals surface area (Å²) in [4.78, 5) is 15.0. The van der Waals surface area contributed by atoms with Crippen molar-refractivity contribution in [3.63, 3.8) is 0 Å². The molecule has 2 aromatic heterocycles. The Kier molecular flexibility index (Phi) is 6.85. The van der Waals surface area contributed by atoms with Gasteiger partial charge in [-0.05, 0) is 31.5 Å². The van der Waals surface area contributed by atoms with E-state index in [2.05, 4.69) is 26.1 Å². The van der Waals surface area contributed by atoms with E-state index in [1.165, 1.54) is 12.1 Å². The number of nitriles is 1. The first-order valence-electron chi connectivity index (χ1n) is 10.9. The van der Waals surface area contributed by atoms with Gasteiger partial charge in [0.2, 0.25) is 0 Å². The number of nitrogens with zero attached hydrogens (tertiary/aromatic N) is 5. The van der Waals surface area contributed by atoms with Gasteiger partial charge in [0.15, 0.2) is 5.82 Å². The van der Waals surface area contributed by atoms with Gasteiger partial charge in [-0.15, -0.1) is 0 Å². The van der Waals surface area contributed by atoms with E-state index in [1.807, 2.05) is 44.2 Å². The number of methoxy groups -OCH3 is 1. The minimum absolute atomic E-state index is 0.0666. The van der Waals surface area contributed by atoms with Gasteiger partial charge < -0.3 is 9.30 Å². The monoisotopic (exact) mass is 468 g/mol. The van der Waals surface area contributed by atoms with Crippen LogP contribution in [0.4, 0.5) is 11.5 Å². The Labute approximate surface area is 202 Å². The summed E-state index contributed by atoms with van der Waals surface area (Å²) in [5.41, 5.74) is 8.79. The van der Waals surface area contributed by atoms with Gasteiger partial charge in [-0.1, -0.05) is 30.3 Å². The van der Waals surface area contributed by atoms with Crippen LogP contribution in [0.2, 0.25) is 0 Å². The number of hydrogen-bond donors (Lipinski definition) is 1. The van der Waals surface area contributed by atoms with Crippen LogP contribution in [-0.2, 0) is 17.9 Å². The van der Waals surface area contributed by atoms with Crippen LogP contribution in [0.25, 0.3) is 10.9 Å². The number of fused-ring (bicyclic) bond motifs is 1. The van der Waals surface area contributed by atoms with E-state index in [1.54, 1.807) is 25.5 Å². The van der Waals surface area contributed by atoms with Crippen LogP contribution in [0, 0.1) is 35.3 Å². The summed E-state index contributed by atoms with van der Waals surface area (Å²) >= 11 is 0. The molecular weight excluding hydrogens is 444 g/mol. The van der Waals surface area contributed by atoms with Crippen molar-refractivity contribution in [2.24, 2.45) is 5.10 Å². The van der Waals surface area contributed by atoms with E-state index in [-0.39, 0.29) is 5.69 Å². The Morgan fingerprint density at radius 2 is 1.97 bits per heavy atom. The molecule has 0 amide bonds. The molecule has 0 fully saturated rings. The largest absolute Gasteiger partial charge is 0.380 e. The number of non-ortho nitro benzene ring substituents is 1. The van der Waals surface area contributed by atoms with Gasteiger partial charge in [-0.2, -0.15) is 10.4 Å². The van der Waals surface area contributed by atoms with Crippen molar-refractivity contribution in [1.29, 1.82) is 5.26 Å². The fourth-order valence-corrected chi connectivity index (χ4v) is 4.10. The molecule has 0 atom stereocenters. The Morgan fingerprint density at radius 1 is 1.23 bits per heavy atom. The van der Waals surface area contributed by atoms with Crippen molar-refractivity contribution in [3.8, 4) is 6.07 Å². The second-order valence-corrected chi connectivity index (χ2v) is 8.09. The fraction of sp³-hybridized carbons (Fsp3) is 0.192. The van der Waals surface area contributed by atoms with Crippen molar-refractivity contribution in [3.05, 3.63) is 98.4 Å². The molecule has 0 bridgehead atoms. The zero-order valence-corrected chi connectivity index (χ0v) is 19.6. The molecule has 2 aromatic carbocycles. The molecule has 9 nitrogen and oxygen atoms in total. The highest BCUT2D eigenvalue weighted by molar-refractivity contribution is 6.01. The van der Waals surface area contributed by atoms with Crippen LogP contribution >= 0.6 is 0 Å². The molecule has 0 radical (unpaired) electrons. The number of nitro benzene ring substituents is 1. The van der Waals surface area contributed by atoms with Gasteiger partial charge in [-0.25, -0.2) is 4.98 Å². The van der Waals surface area contributed by atoms with Gasteiger partial charge in [-0.3, -0.25) is 15.5 Å². The van der Waals surface area contributed by atoms with Crippen LogP contribution in [0.3, 0.4) is 0 Å². The summed E-state index contributed by atoms with van der Waals surface area (Å²) in [6, 6.07) is 18.6. The summed E-state index contributed by atoms with van der Waals surface area (Å²) in [6.07, 6.45) is 1.73. The summed E-state index contributed by atoms with van der Waals surface area (Å²) in [5.74, 6) is 0.378. The number of hydrogen-bond acceptors (Lipinski definition) is 7. The van der Waals surface area contributed by atoms with Crippen LogP contribution in [-0.4, -0.2) is 27.8 Å². The molecule has 2 heterocycles. The maximum atomic E-state index is 11.0. The number of anilines is 1. The predicted octanol–water partition coefficient (Wildman–Crippen LogP) is 5.07. The second-order valence-electron chi connectivity index (χ2n) is 8.09. The van der Waals surface area contributed by atoms with Crippen LogP contribution in [0.1, 0.15) is 33.6 Å². The first kappa shape index (κ1) is 23.6. The Bertz CT molecular complexity index is 1470. The standard InChI is InChI=1S/C26H24N6O3/c1-17-12-20(16-35-3)23(13-27)26(29-17)30-28-14-24-18(2)31(25-7-5-4-6-22(24)25)15-19-8-10-21(11-9-19)32(33)34/h4-12,14H,15-16H2,1-3H3,(H,29,30)/b28-14+. The summed E-state index contributed by atoms with van der Waals surface area (Å²) in [7, 11) is 1.58. The lowest BCUT2D eigenvalue weighted by molar-refractivity contribution is -0.384. The van der Waals surface area contributed by atoms with E-state index in [4.69, 9.17) is 4.74 Å². The lowest BCUT2D eigenvalue weighted by atomic mass is 10.1. The molecule has 0 aliphatic carbocycles. The van der Waals surface area contributed by atoms with E-state index in [0.29, 0.717) is 24.5 Å². The molecule has 1 N–H and O–H groups in total. The Balaban J connectivity index is 1.67. The Morgan fingerprint density at radius 3 is 2.66 bits per heavy atom. The number of benzene rings is 2. The van der Waals surface area contributed by atoms with Crippen LogP contribution < -0.4 is 5.43 Å². The third-order valence-electron chi connectivity index (χ3n) is 5.77. The van der Waals surface area contributed by atoms with Crippen LogP contribution in [0.5, 0.6) is 0 Å². The number of rotatable bonds is 8. The van der Waals surface area contributed by atoms with Gasteiger partial charge in [0.05, 0.1) is 17.7 Å². The smallest absolute Gasteiger partial charge is 0.269 e. The molecule has 0 unspecified atom stereocenters. The summed E-state index contributed by atoms with van der Waals surface area (Å²) < 4.78 is 7.36. The first-order valence-corrected chi connectivity index (χ1v) is 10.9. The highest BCUT2D eigenvalue weighted by Crippen LogP contribution is 2.26. The summed E-state index contributed by atoms with van der Waals surface area (Å²) in [5, 5.41) is 26.0. The minimum Gasteiger partial charge on any atom is -0.380 e. The third kappa shape index (κ3) is 4.88. The second kappa shape index (κ2) is 10.2. The molecule has 4 rings (SSSR count). The van der Waals surface area contributed by atoms with Crippen molar-refractivity contribution in [2.75, 3.05) is 12.5 Å². The average molecular weight is 469 g/mol. The molecule has 0 aliphatic rings. The normalized spacial score (nSPS) is 11.1. The van der Waals surface area contributed by atoms with E-state index >= 15 is 0 Å². The number of aryl methyl sites for hydroxylation is 1. The quantitative estimate of drug-likeness (QED) is 0.219. The highest BCUT2D eigenvalue weighted by atomic mass is 16.6. The fourth-order valence-electron chi connectivity index (χ4n) is 4.10. The number of pyridine rings is 1. The maximum Gasteiger partial charge on any atom is 0.269 e. The van der Waals surface area contributed by atoms with E-state index in [9.17, 15) is 15.4 Å². The molecule has 35 heavy (non-hydrogen) atoms. The van der Waals surface area contributed by atoms with E-state index in [0.717, 1.165) is 39.0 Å². The zero-order chi connectivity index (χ0) is 24.9. The predicted molar refractivity (Wildman–Crippen MR) is 134 cm³/mol. The molecule has 0 spiro atoms. The first-order chi connectivity index (χ1) is 16.9. The zero-order valence-electron chi connectivity index (χ0n) is 19.6. The molecule has 9 heteroatoms. The number of hydrazone groups is 1. The van der Waals surface area contributed by atoms with Crippen molar-refractivity contribution in [1.82, 2.24) is 9.55 Å².